The predicted molar refractivity (Wildman–Crippen MR) is 64.3 cm³/mol. The Morgan fingerprint density at radius 3 is 2.50 bits per heavy atom. The van der Waals surface area contributed by atoms with E-state index in [1.165, 1.54) is 6.07 Å². The fourth-order valence-electron chi connectivity index (χ4n) is 1.69. The number of nitrogen functional groups attached to an aromatic ring is 1. The van der Waals surface area contributed by atoms with Crippen molar-refractivity contribution in [3.63, 3.8) is 0 Å². The first kappa shape index (κ1) is 12.3. The molecule has 0 spiro atoms. The number of benzene rings is 1. The van der Waals surface area contributed by atoms with Crippen LogP contribution < -0.4 is 5.73 Å². The van der Waals surface area contributed by atoms with E-state index in [1.54, 1.807) is 6.92 Å². The molecule has 1 rings (SSSR count). The van der Waals surface area contributed by atoms with E-state index in [4.69, 9.17) is 11.0 Å². The van der Waals surface area contributed by atoms with E-state index in [0.717, 1.165) is 5.57 Å². The molecule has 16 heavy (non-hydrogen) atoms. The molecule has 0 aliphatic carbocycles. The number of nitriles is 1. The molecule has 1 aromatic rings. The number of anilines is 1. The van der Waals surface area contributed by atoms with Crippen molar-refractivity contribution in [3.05, 3.63) is 35.2 Å². The molecule has 2 N–H and O–H groups in total. The first-order valence-electron chi connectivity index (χ1n) is 5.08. The van der Waals surface area contributed by atoms with Crippen LogP contribution in [0.3, 0.4) is 0 Å². The lowest BCUT2D eigenvalue weighted by Crippen LogP contribution is -2.06. The second kappa shape index (κ2) is 4.36. The van der Waals surface area contributed by atoms with Crippen LogP contribution in [0.1, 0.15) is 43.4 Å². The Labute approximate surface area is 95.2 Å². The molecule has 0 aliphatic rings. The van der Waals surface area contributed by atoms with Crippen molar-refractivity contribution in [1.82, 2.24) is 0 Å². The Morgan fingerprint density at radius 1 is 1.56 bits per heavy atom. The van der Waals surface area contributed by atoms with Gasteiger partial charge in [-0.1, -0.05) is 20.4 Å². The van der Waals surface area contributed by atoms with Crippen molar-refractivity contribution in [2.75, 3.05) is 5.73 Å². The van der Waals surface area contributed by atoms with E-state index in [2.05, 4.69) is 6.58 Å². The molecule has 1 aromatic carbocycles. The van der Waals surface area contributed by atoms with Gasteiger partial charge >= 0.3 is 0 Å². The summed E-state index contributed by atoms with van der Waals surface area (Å²) in [6.45, 7) is 9.26. The molecule has 0 fully saturated rings. The molecule has 0 atom stereocenters. The molecule has 0 aliphatic heterocycles. The van der Waals surface area contributed by atoms with Gasteiger partial charge in [0.25, 0.3) is 0 Å². The Bertz CT molecular complexity index is 482. The van der Waals surface area contributed by atoms with Crippen LogP contribution in [0.2, 0.25) is 0 Å². The quantitative estimate of drug-likeness (QED) is 0.773. The third-order valence-electron chi connectivity index (χ3n) is 2.50. The second-order valence-corrected chi connectivity index (χ2v) is 4.16. The topological polar surface area (TPSA) is 49.8 Å². The summed E-state index contributed by atoms with van der Waals surface area (Å²) < 4.78 is 13.9. The van der Waals surface area contributed by atoms with E-state index in [9.17, 15) is 4.39 Å². The zero-order valence-corrected chi connectivity index (χ0v) is 9.76. The van der Waals surface area contributed by atoms with Gasteiger partial charge in [-0.2, -0.15) is 5.26 Å². The summed E-state index contributed by atoms with van der Waals surface area (Å²) in [6.07, 6.45) is 0. The van der Waals surface area contributed by atoms with Gasteiger partial charge in [-0.05, 0) is 24.5 Å². The molecule has 84 valence electrons. The average molecular weight is 218 g/mol. The van der Waals surface area contributed by atoms with Gasteiger partial charge in [0.2, 0.25) is 0 Å². The summed E-state index contributed by atoms with van der Waals surface area (Å²) in [5.41, 5.74) is 8.10. The van der Waals surface area contributed by atoms with Gasteiger partial charge in [-0.25, -0.2) is 4.39 Å². The summed E-state index contributed by atoms with van der Waals surface area (Å²) in [6, 6.07) is 3.30. The van der Waals surface area contributed by atoms with Crippen LogP contribution in [-0.4, -0.2) is 0 Å². The minimum Gasteiger partial charge on any atom is -0.398 e. The van der Waals surface area contributed by atoms with E-state index in [0.29, 0.717) is 16.8 Å². The molecule has 2 nitrogen and oxygen atoms in total. The monoisotopic (exact) mass is 218 g/mol. The summed E-state index contributed by atoms with van der Waals surface area (Å²) in [5.74, 6) is -0.577. The highest BCUT2D eigenvalue weighted by molar-refractivity contribution is 5.76. The van der Waals surface area contributed by atoms with Crippen molar-refractivity contribution in [1.29, 1.82) is 5.26 Å². The number of halogens is 1. The fourth-order valence-corrected chi connectivity index (χ4v) is 1.69. The van der Waals surface area contributed by atoms with Gasteiger partial charge in [0.15, 0.2) is 0 Å². The lowest BCUT2D eigenvalue weighted by Gasteiger charge is -2.16. The Hall–Kier alpha value is -1.82. The minimum atomic E-state index is -0.514. The molecular weight excluding hydrogens is 203 g/mol. The van der Waals surface area contributed by atoms with Gasteiger partial charge in [0.05, 0.1) is 5.56 Å². The molecule has 0 amide bonds. The molecule has 0 aromatic heterocycles. The Kier molecular flexibility index (Phi) is 3.34. The van der Waals surface area contributed by atoms with Crippen molar-refractivity contribution >= 4 is 11.3 Å². The smallest absolute Gasteiger partial charge is 0.146 e. The van der Waals surface area contributed by atoms with Crippen LogP contribution >= 0.6 is 0 Å². The second-order valence-electron chi connectivity index (χ2n) is 4.16. The predicted octanol–water partition coefficient (Wildman–Crippen LogP) is 3.44. The average Bonchev–Trinajstić information content (AvgIpc) is 2.16. The van der Waals surface area contributed by atoms with Crippen LogP contribution in [-0.2, 0) is 0 Å². The normalized spacial score (nSPS) is 10.2. The van der Waals surface area contributed by atoms with Gasteiger partial charge in [-0.15, -0.1) is 0 Å². The number of allylic oxidation sites excluding steroid dienone is 1. The summed E-state index contributed by atoms with van der Waals surface area (Å²) in [7, 11) is 0. The third kappa shape index (κ3) is 1.92. The lowest BCUT2D eigenvalue weighted by atomic mass is 9.92. The maximum Gasteiger partial charge on any atom is 0.146 e. The SMILES string of the molecule is C=C(C)c1cc(C#N)c(F)c(C(C)C)c1N. The van der Waals surface area contributed by atoms with Gasteiger partial charge in [-0.3, -0.25) is 0 Å². The molecule has 0 radical (unpaired) electrons. The highest BCUT2D eigenvalue weighted by atomic mass is 19.1. The van der Waals surface area contributed by atoms with E-state index in [1.807, 2.05) is 19.9 Å². The zero-order chi connectivity index (χ0) is 12.5. The molecule has 3 heteroatoms. The van der Waals surface area contributed by atoms with Gasteiger partial charge in [0.1, 0.15) is 11.9 Å². The number of hydrogen-bond donors (Lipinski definition) is 1. The van der Waals surface area contributed by atoms with Crippen molar-refractivity contribution in [2.24, 2.45) is 0 Å². The van der Waals surface area contributed by atoms with E-state index < -0.39 is 5.82 Å². The van der Waals surface area contributed by atoms with Gasteiger partial charge in [0, 0.05) is 16.8 Å². The van der Waals surface area contributed by atoms with Crippen LogP contribution in [0, 0.1) is 17.1 Å². The Morgan fingerprint density at radius 2 is 2.12 bits per heavy atom. The van der Waals surface area contributed by atoms with Crippen LogP contribution in [0.25, 0.3) is 5.57 Å². The van der Waals surface area contributed by atoms with Crippen molar-refractivity contribution < 1.29 is 4.39 Å². The first-order valence-corrected chi connectivity index (χ1v) is 5.08. The first-order chi connectivity index (χ1) is 7.40. The lowest BCUT2D eigenvalue weighted by molar-refractivity contribution is 0.596. The maximum atomic E-state index is 13.9. The zero-order valence-electron chi connectivity index (χ0n) is 9.76. The maximum absolute atomic E-state index is 13.9. The summed E-state index contributed by atoms with van der Waals surface area (Å²) in [5, 5.41) is 8.86. The third-order valence-corrected chi connectivity index (χ3v) is 2.50. The van der Waals surface area contributed by atoms with Crippen LogP contribution in [0.4, 0.5) is 10.1 Å². The summed E-state index contributed by atoms with van der Waals surface area (Å²) >= 11 is 0. The highest BCUT2D eigenvalue weighted by Crippen LogP contribution is 2.33. The number of hydrogen-bond acceptors (Lipinski definition) is 2. The minimum absolute atomic E-state index is 0.0240. The largest absolute Gasteiger partial charge is 0.398 e. The number of rotatable bonds is 2. The number of nitrogens with zero attached hydrogens (tertiary/aromatic N) is 1. The standard InChI is InChI=1S/C13H15FN2/c1-7(2)10-5-9(6-15)12(14)11(8(3)4)13(10)16/h5,8H,1,16H2,2-4H3. The molecule has 0 bridgehead atoms. The molecule has 0 saturated carbocycles. The molecule has 0 heterocycles. The number of nitrogens with two attached hydrogens (primary N) is 1. The van der Waals surface area contributed by atoms with Crippen molar-refractivity contribution in [3.8, 4) is 6.07 Å². The van der Waals surface area contributed by atoms with E-state index >= 15 is 0 Å². The molecule has 0 unspecified atom stereocenters. The fraction of sp³-hybridized carbons (Fsp3) is 0.308. The van der Waals surface area contributed by atoms with Crippen molar-refractivity contribution in [2.45, 2.75) is 26.7 Å². The molecular formula is C13H15FN2. The van der Waals surface area contributed by atoms with Gasteiger partial charge < -0.3 is 5.73 Å². The van der Waals surface area contributed by atoms with E-state index in [-0.39, 0.29) is 11.5 Å². The van der Waals surface area contributed by atoms with Crippen LogP contribution in [0.5, 0.6) is 0 Å². The Balaban J connectivity index is 3.66. The molecule has 0 saturated heterocycles. The van der Waals surface area contributed by atoms with Crippen LogP contribution in [0.15, 0.2) is 12.6 Å². The highest BCUT2D eigenvalue weighted by Gasteiger charge is 2.18. The summed E-state index contributed by atoms with van der Waals surface area (Å²) in [4.78, 5) is 0.